The first-order chi connectivity index (χ1) is 8.51. The number of nitrogens with zero attached hydrogens (tertiary/aromatic N) is 1. The molecule has 0 spiro atoms. The summed E-state index contributed by atoms with van der Waals surface area (Å²) in [5, 5.41) is 9.99. The minimum atomic E-state index is -0.607. The Bertz CT molecular complexity index is 504. The Morgan fingerprint density at radius 1 is 1.39 bits per heavy atom. The van der Waals surface area contributed by atoms with Crippen LogP contribution in [0.25, 0.3) is 0 Å². The highest BCUT2D eigenvalue weighted by atomic mass is 16.5. The number of rotatable bonds is 6. The third-order valence-electron chi connectivity index (χ3n) is 2.66. The smallest absolute Gasteiger partial charge is 0.331 e. The summed E-state index contributed by atoms with van der Waals surface area (Å²) < 4.78 is 6.47. The fraction of sp³-hybridized carbons (Fsp3) is 0.667. The van der Waals surface area contributed by atoms with Gasteiger partial charge in [-0.1, -0.05) is 13.3 Å². The highest BCUT2D eigenvalue weighted by molar-refractivity contribution is 5.22. The molecule has 18 heavy (non-hydrogen) atoms. The van der Waals surface area contributed by atoms with Gasteiger partial charge in [0.2, 0.25) is 5.88 Å². The van der Waals surface area contributed by atoms with Crippen molar-refractivity contribution < 1.29 is 9.84 Å². The lowest BCUT2D eigenvalue weighted by Crippen LogP contribution is -2.35. The van der Waals surface area contributed by atoms with Gasteiger partial charge < -0.3 is 9.84 Å². The van der Waals surface area contributed by atoms with Gasteiger partial charge in [-0.3, -0.25) is 14.3 Å². The van der Waals surface area contributed by atoms with Crippen LogP contribution in [0.4, 0.5) is 0 Å². The van der Waals surface area contributed by atoms with Crippen LogP contribution in [0.2, 0.25) is 0 Å². The Morgan fingerprint density at radius 3 is 2.61 bits per heavy atom. The topological polar surface area (TPSA) is 84.3 Å². The number of H-pyrrole nitrogens is 1. The van der Waals surface area contributed by atoms with Crippen molar-refractivity contribution in [3.63, 3.8) is 0 Å². The predicted molar refractivity (Wildman–Crippen MR) is 68.1 cm³/mol. The number of hydrogen-bond acceptors (Lipinski definition) is 4. The number of aromatic nitrogens is 2. The summed E-state index contributed by atoms with van der Waals surface area (Å²) in [6, 6.07) is 0. The molecule has 6 heteroatoms. The van der Waals surface area contributed by atoms with E-state index in [2.05, 4.69) is 4.98 Å². The van der Waals surface area contributed by atoms with Crippen molar-refractivity contribution in [1.29, 1.82) is 0 Å². The molecule has 0 radical (unpaired) electrons. The van der Waals surface area contributed by atoms with Crippen LogP contribution in [-0.4, -0.2) is 27.4 Å². The maximum atomic E-state index is 11.6. The Hall–Kier alpha value is -1.56. The van der Waals surface area contributed by atoms with Crippen LogP contribution < -0.4 is 11.2 Å². The molecular weight excluding hydrogens is 236 g/mol. The Balaban J connectivity index is 3.15. The van der Waals surface area contributed by atoms with E-state index in [0.717, 1.165) is 11.0 Å². The van der Waals surface area contributed by atoms with Gasteiger partial charge in [-0.15, -0.1) is 0 Å². The van der Waals surface area contributed by atoms with Crippen molar-refractivity contribution in [2.45, 2.75) is 46.3 Å². The van der Waals surface area contributed by atoms with Gasteiger partial charge in [-0.2, -0.15) is 0 Å². The molecule has 0 bridgehead atoms. The SMILES string of the molecule is CCCc1c(O)n(CC(C)OCC)c(=O)[nH]c1=O. The standard InChI is InChI=1S/C12H20N2O4/c1-4-6-9-10(15)13-12(17)14(11(9)16)7-8(3)18-5-2/h8,16H,4-7H2,1-3H3,(H,13,15,17). The summed E-state index contributed by atoms with van der Waals surface area (Å²) in [6.07, 6.45) is 0.944. The van der Waals surface area contributed by atoms with Crippen LogP contribution in [0, 0.1) is 0 Å². The van der Waals surface area contributed by atoms with Gasteiger partial charge in [0.05, 0.1) is 18.2 Å². The van der Waals surface area contributed by atoms with Crippen molar-refractivity contribution >= 4 is 0 Å². The van der Waals surface area contributed by atoms with Gasteiger partial charge in [0.15, 0.2) is 0 Å². The quantitative estimate of drug-likeness (QED) is 0.781. The van der Waals surface area contributed by atoms with E-state index >= 15 is 0 Å². The normalized spacial score (nSPS) is 12.6. The largest absolute Gasteiger partial charge is 0.494 e. The summed E-state index contributed by atoms with van der Waals surface area (Å²) >= 11 is 0. The highest BCUT2D eigenvalue weighted by Gasteiger charge is 2.15. The molecule has 1 atom stereocenters. The fourth-order valence-corrected chi connectivity index (χ4v) is 1.84. The molecule has 1 heterocycles. The van der Waals surface area contributed by atoms with Crippen LogP contribution >= 0.6 is 0 Å². The molecule has 0 amide bonds. The molecule has 0 saturated carbocycles. The molecule has 1 rings (SSSR count). The van der Waals surface area contributed by atoms with Gasteiger partial charge in [0.25, 0.3) is 5.56 Å². The second-order valence-electron chi connectivity index (χ2n) is 4.19. The highest BCUT2D eigenvalue weighted by Crippen LogP contribution is 2.12. The van der Waals surface area contributed by atoms with Crippen LogP contribution in [0.15, 0.2) is 9.59 Å². The van der Waals surface area contributed by atoms with Crippen LogP contribution in [0.1, 0.15) is 32.8 Å². The summed E-state index contributed by atoms with van der Waals surface area (Å²) in [7, 11) is 0. The Kier molecular flexibility index (Phi) is 5.15. The molecule has 0 fully saturated rings. The number of ether oxygens (including phenoxy) is 1. The molecule has 0 aromatic carbocycles. The molecule has 102 valence electrons. The van der Waals surface area contributed by atoms with Gasteiger partial charge in [0.1, 0.15) is 0 Å². The third kappa shape index (κ3) is 3.22. The minimum absolute atomic E-state index is 0.209. The zero-order valence-electron chi connectivity index (χ0n) is 11.0. The van der Waals surface area contributed by atoms with Gasteiger partial charge >= 0.3 is 5.69 Å². The first kappa shape index (κ1) is 14.5. The zero-order chi connectivity index (χ0) is 13.7. The van der Waals surface area contributed by atoms with Crippen molar-refractivity contribution in [1.82, 2.24) is 9.55 Å². The molecule has 0 saturated heterocycles. The second-order valence-corrected chi connectivity index (χ2v) is 4.19. The van der Waals surface area contributed by atoms with Crippen LogP contribution in [0.3, 0.4) is 0 Å². The van der Waals surface area contributed by atoms with E-state index in [1.165, 1.54) is 0 Å². The maximum Gasteiger partial charge on any atom is 0.331 e. The second kappa shape index (κ2) is 6.39. The molecule has 1 aromatic heterocycles. The summed E-state index contributed by atoms with van der Waals surface area (Å²) in [5.74, 6) is -0.253. The molecule has 0 aliphatic carbocycles. The Morgan fingerprint density at radius 2 is 2.06 bits per heavy atom. The van der Waals surface area contributed by atoms with Crippen LogP contribution in [0.5, 0.6) is 5.88 Å². The molecule has 1 aromatic rings. The lowest BCUT2D eigenvalue weighted by atomic mass is 10.2. The van der Waals surface area contributed by atoms with E-state index in [-0.39, 0.29) is 24.1 Å². The molecule has 2 N–H and O–H groups in total. The monoisotopic (exact) mass is 256 g/mol. The Labute approximate surface area is 105 Å². The average Bonchev–Trinajstić information content (AvgIpc) is 2.30. The van der Waals surface area contributed by atoms with Crippen molar-refractivity contribution in [3.8, 4) is 5.88 Å². The molecule has 1 unspecified atom stereocenters. The summed E-state index contributed by atoms with van der Waals surface area (Å²) in [4.78, 5) is 25.4. The summed E-state index contributed by atoms with van der Waals surface area (Å²) in [6.45, 7) is 6.31. The van der Waals surface area contributed by atoms with Crippen molar-refractivity contribution in [3.05, 3.63) is 26.4 Å². The lowest BCUT2D eigenvalue weighted by Gasteiger charge is -2.15. The lowest BCUT2D eigenvalue weighted by molar-refractivity contribution is 0.0610. The number of nitrogens with one attached hydrogen (secondary N) is 1. The van der Waals surface area contributed by atoms with E-state index in [1.54, 1.807) is 6.92 Å². The van der Waals surface area contributed by atoms with Gasteiger partial charge in [-0.25, -0.2) is 4.79 Å². The van der Waals surface area contributed by atoms with E-state index < -0.39 is 11.2 Å². The predicted octanol–water partition coefficient (Wildman–Crippen LogP) is 0.620. The zero-order valence-corrected chi connectivity index (χ0v) is 11.0. The third-order valence-corrected chi connectivity index (χ3v) is 2.66. The van der Waals surface area contributed by atoms with Gasteiger partial charge in [0, 0.05) is 6.61 Å². The van der Waals surface area contributed by atoms with E-state index in [0.29, 0.717) is 13.0 Å². The summed E-state index contributed by atoms with van der Waals surface area (Å²) in [5.41, 5.74) is -0.871. The minimum Gasteiger partial charge on any atom is -0.494 e. The molecule has 0 aliphatic heterocycles. The van der Waals surface area contributed by atoms with Gasteiger partial charge in [-0.05, 0) is 20.3 Å². The van der Waals surface area contributed by atoms with E-state index in [1.807, 2.05) is 13.8 Å². The first-order valence-corrected chi connectivity index (χ1v) is 6.17. The van der Waals surface area contributed by atoms with E-state index in [9.17, 15) is 14.7 Å². The van der Waals surface area contributed by atoms with Crippen molar-refractivity contribution in [2.75, 3.05) is 6.61 Å². The molecule has 6 nitrogen and oxygen atoms in total. The average molecular weight is 256 g/mol. The fourth-order valence-electron chi connectivity index (χ4n) is 1.84. The number of hydrogen-bond donors (Lipinski definition) is 2. The van der Waals surface area contributed by atoms with E-state index in [4.69, 9.17) is 4.74 Å². The number of aromatic hydroxyl groups is 1. The molecule has 0 aliphatic rings. The first-order valence-electron chi connectivity index (χ1n) is 6.17. The maximum absolute atomic E-state index is 11.6. The number of aromatic amines is 1. The van der Waals surface area contributed by atoms with Crippen molar-refractivity contribution in [2.24, 2.45) is 0 Å². The molecular formula is C12H20N2O4. The van der Waals surface area contributed by atoms with Crippen LogP contribution in [-0.2, 0) is 17.7 Å².